The van der Waals surface area contributed by atoms with E-state index in [4.69, 9.17) is 5.73 Å². The molecule has 41 heavy (non-hydrogen) atoms. The second kappa shape index (κ2) is 14.9. The molecule has 7 nitrogen and oxygen atoms in total. The van der Waals surface area contributed by atoms with Gasteiger partial charge in [-0.1, -0.05) is 97.0 Å². The van der Waals surface area contributed by atoms with Gasteiger partial charge in [-0.2, -0.15) is 0 Å². The number of carbonyl (C=O) groups excluding carboxylic acids is 1. The molecule has 0 saturated heterocycles. The van der Waals surface area contributed by atoms with E-state index in [0.717, 1.165) is 45.3 Å². The monoisotopic (exact) mass is 620 g/mol. The number of aromatic nitrogens is 4. The van der Waals surface area contributed by atoms with E-state index < -0.39 is 5.41 Å². The van der Waals surface area contributed by atoms with Crippen LogP contribution >= 0.6 is 37.2 Å². The fourth-order valence-electron chi connectivity index (χ4n) is 4.20. The summed E-state index contributed by atoms with van der Waals surface area (Å²) in [7, 11) is 0. The molecule has 224 valence electrons. The van der Waals surface area contributed by atoms with E-state index >= 15 is 0 Å². The van der Waals surface area contributed by atoms with Gasteiger partial charge in [0.05, 0.1) is 35.9 Å². The fraction of sp³-hybridized carbons (Fsp3) is 0.387. The maximum Gasteiger partial charge on any atom is 0.225 e. The Labute approximate surface area is 262 Å². The Morgan fingerprint density at radius 2 is 1.10 bits per heavy atom. The van der Waals surface area contributed by atoms with Gasteiger partial charge in [0.15, 0.2) is 0 Å². The van der Waals surface area contributed by atoms with Crippen LogP contribution in [0.1, 0.15) is 72.2 Å². The first-order chi connectivity index (χ1) is 17.9. The van der Waals surface area contributed by atoms with E-state index in [2.05, 4.69) is 101 Å². The Morgan fingerprint density at radius 1 is 0.707 bits per heavy atom. The number of carbonyl (C=O) groups is 1. The topological polar surface area (TPSA) is 112 Å². The van der Waals surface area contributed by atoms with Gasteiger partial charge < -0.3 is 21.0 Å². The van der Waals surface area contributed by atoms with Gasteiger partial charge in [-0.3, -0.25) is 4.79 Å². The normalized spacial score (nSPS) is 12.6. The third kappa shape index (κ3) is 8.58. The Morgan fingerprint density at radius 3 is 1.49 bits per heavy atom. The molecule has 0 spiro atoms. The highest BCUT2D eigenvalue weighted by atomic mass is 35.5. The van der Waals surface area contributed by atoms with Crippen LogP contribution in [-0.4, -0.2) is 25.8 Å². The van der Waals surface area contributed by atoms with Crippen molar-refractivity contribution in [3.8, 4) is 33.6 Å². The minimum atomic E-state index is -0.459. The molecule has 2 atom stereocenters. The molecule has 4 aromatic rings. The summed E-state index contributed by atoms with van der Waals surface area (Å²) in [5.41, 5.74) is 12.0. The van der Waals surface area contributed by atoms with E-state index in [9.17, 15) is 4.79 Å². The average Bonchev–Trinajstić information content (AvgIpc) is 3.56. The number of rotatable bonds is 8. The minimum absolute atomic E-state index is 0. The molecule has 2 aromatic heterocycles. The molecule has 0 fully saturated rings. The van der Waals surface area contributed by atoms with Crippen molar-refractivity contribution < 1.29 is 4.79 Å². The number of halogens is 3. The lowest BCUT2D eigenvalue weighted by atomic mass is 9.94. The highest BCUT2D eigenvalue weighted by molar-refractivity contribution is 5.86. The van der Waals surface area contributed by atoms with Crippen LogP contribution < -0.4 is 11.1 Å². The number of amides is 1. The first kappa shape index (κ1) is 36.2. The summed E-state index contributed by atoms with van der Waals surface area (Å²) in [6.45, 7) is 14.1. The number of aromatic amines is 2. The quantitative estimate of drug-likeness (QED) is 0.160. The Kier molecular flexibility index (Phi) is 13.1. The van der Waals surface area contributed by atoms with Gasteiger partial charge in [-0.25, -0.2) is 9.97 Å². The lowest BCUT2D eigenvalue weighted by molar-refractivity contribution is -0.129. The molecule has 0 unspecified atom stereocenters. The zero-order valence-corrected chi connectivity index (χ0v) is 27.1. The first-order valence-corrected chi connectivity index (χ1v) is 13.3. The van der Waals surface area contributed by atoms with Crippen molar-refractivity contribution in [3.63, 3.8) is 0 Å². The van der Waals surface area contributed by atoms with Crippen LogP contribution in [0.25, 0.3) is 33.6 Å². The van der Waals surface area contributed by atoms with Crippen LogP contribution in [0.4, 0.5) is 0 Å². The zero-order valence-electron chi connectivity index (χ0n) is 24.7. The molecule has 0 aliphatic heterocycles. The molecule has 1 amide bonds. The molecule has 5 N–H and O–H groups in total. The van der Waals surface area contributed by atoms with Crippen molar-refractivity contribution >= 4 is 43.1 Å². The van der Waals surface area contributed by atoms with Crippen LogP contribution in [-0.2, 0) is 4.79 Å². The van der Waals surface area contributed by atoms with E-state index in [1.165, 1.54) is 0 Å². The van der Waals surface area contributed by atoms with Crippen molar-refractivity contribution in [1.29, 1.82) is 0 Å². The molecule has 0 bridgehead atoms. The maximum absolute atomic E-state index is 12.6. The van der Waals surface area contributed by atoms with Crippen molar-refractivity contribution in [3.05, 3.63) is 72.6 Å². The van der Waals surface area contributed by atoms with Crippen LogP contribution in [0, 0.1) is 17.3 Å². The molecule has 2 heterocycles. The lowest BCUT2D eigenvalue weighted by Gasteiger charge is -2.25. The summed E-state index contributed by atoms with van der Waals surface area (Å²) in [5.74, 6) is 2.11. The second-order valence-electron chi connectivity index (χ2n) is 11.7. The van der Waals surface area contributed by atoms with Gasteiger partial charge >= 0.3 is 0 Å². The van der Waals surface area contributed by atoms with E-state index in [0.29, 0.717) is 5.92 Å². The van der Waals surface area contributed by atoms with Gasteiger partial charge in [-0.15, -0.1) is 37.2 Å². The SMILES string of the molecule is CC(C)[C@H](N)c1ncc(-c2ccc(-c3ccc(-c4cnc([C@@H](NC(=O)C(C)(C)C)C(C)C)[nH]4)cc3)cc2)[nH]1.Cl.Cl.Cl. The van der Waals surface area contributed by atoms with Gasteiger partial charge in [0.25, 0.3) is 0 Å². The van der Waals surface area contributed by atoms with Crippen LogP contribution in [0.2, 0.25) is 0 Å². The Hall–Kier alpha value is -2.84. The number of hydrogen-bond acceptors (Lipinski definition) is 4. The molecule has 0 aliphatic carbocycles. The number of nitrogens with zero attached hydrogens (tertiary/aromatic N) is 2. The summed E-state index contributed by atoms with van der Waals surface area (Å²) in [4.78, 5) is 28.5. The average molecular weight is 622 g/mol. The predicted octanol–water partition coefficient (Wildman–Crippen LogP) is 7.91. The summed E-state index contributed by atoms with van der Waals surface area (Å²) >= 11 is 0. The number of nitrogens with one attached hydrogen (secondary N) is 3. The van der Waals surface area contributed by atoms with Crippen LogP contribution in [0.15, 0.2) is 60.9 Å². The molecule has 2 aromatic carbocycles. The van der Waals surface area contributed by atoms with E-state index in [1.807, 2.05) is 33.2 Å². The Bertz CT molecular complexity index is 1370. The molecule has 0 saturated carbocycles. The van der Waals surface area contributed by atoms with Crippen molar-refractivity contribution in [2.45, 2.75) is 60.5 Å². The summed E-state index contributed by atoms with van der Waals surface area (Å²) in [6, 6.07) is 16.6. The van der Waals surface area contributed by atoms with Crippen LogP contribution in [0.3, 0.4) is 0 Å². The molecular formula is C31H43Cl3N6O. The summed E-state index contributed by atoms with van der Waals surface area (Å²) < 4.78 is 0. The van der Waals surface area contributed by atoms with Gasteiger partial charge in [0.2, 0.25) is 5.91 Å². The third-order valence-corrected chi connectivity index (χ3v) is 6.88. The molecule has 10 heteroatoms. The van der Waals surface area contributed by atoms with Gasteiger partial charge in [0, 0.05) is 5.41 Å². The third-order valence-electron chi connectivity index (χ3n) is 6.88. The minimum Gasteiger partial charge on any atom is -0.345 e. The van der Waals surface area contributed by atoms with Crippen molar-refractivity contribution in [1.82, 2.24) is 25.3 Å². The maximum atomic E-state index is 12.6. The molecule has 0 aliphatic rings. The van der Waals surface area contributed by atoms with Crippen molar-refractivity contribution in [2.24, 2.45) is 23.0 Å². The highest BCUT2D eigenvalue weighted by Crippen LogP contribution is 2.29. The Balaban J connectivity index is 0.00000280. The largest absolute Gasteiger partial charge is 0.345 e. The fourth-order valence-corrected chi connectivity index (χ4v) is 4.20. The predicted molar refractivity (Wildman–Crippen MR) is 176 cm³/mol. The first-order valence-electron chi connectivity index (χ1n) is 13.3. The van der Waals surface area contributed by atoms with Gasteiger partial charge in [-0.05, 0) is 34.1 Å². The molecule has 0 radical (unpaired) electrons. The van der Waals surface area contributed by atoms with Crippen molar-refractivity contribution in [2.75, 3.05) is 0 Å². The molecule has 4 rings (SSSR count). The number of hydrogen-bond donors (Lipinski definition) is 4. The number of benzene rings is 2. The summed E-state index contributed by atoms with van der Waals surface area (Å²) in [6.07, 6.45) is 3.68. The smallest absolute Gasteiger partial charge is 0.225 e. The standard InChI is InChI=1S/C31H40N6O.3ClH/c1-18(2)26(32)28-33-16-24(35-28)22-12-8-20(9-13-22)21-10-14-23(15-11-21)25-17-34-29(36-25)27(19(3)4)37-30(38)31(5,6)7;;;/h8-19,26-27H,32H2,1-7H3,(H,33,35)(H,34,36)(H,37,38);3*1H/t26-,27-;;;/m0.../s1. The summed E-state index contributed by atoms with van der Waals surface area (Å²) in [5, 5.41) is 3.15. The second-order valence-corrected chi connectivity index (χ2v) is 11.7. The van der Waals surface area contributed by atoms with E-state index in [1.54, 1.807) is 0 Å². The number of nitrogens with two attached hydrogens (primary N) is 1. The van der Waals surface area contributed by atoms with Crippen LogP contribution in [0.5, 0.6) is 0 Å². The zero-order chi connectivity index (χ0) is 27.6. The number of imidazole rings is 2. The van der Waals surface area contributed by atoms with E-state index in [-0.39, 0.29) is 61.1 Å². The molecular weight excluding hydrogens is 579 g/mol. The lowest BCUT2D eigenvalue weighted by Crippen LogP contribution is -2.39. The number of H-pyrrole nitrogens is 2. The highest BCUT2D eigenvalue weighted by Gasteiger charge is 2.28. The van der Waals surface area contributed by atoms with Gasteiger partial charge in [0.1, 0.15) is 11.6 Å².